The molecule has 0 aliphatic heterocycles. The van der Waals surface area contributed by atoms with Crippen LogP contribution in [0.4, 0.5) is 11.4 Å². The Morgan fingerprint density at radius 2 is 1.67 bits per heavy atom. The molecule has 140 valence electrons. The fourth-order valence-corrected chi connectivity index (χ4v) is 3.56. The lowest BCUT2D eigenvalue weighted by Crippen LogP contribution is -2.14. The molecule has 0 fully saturated rings. The summed E-state index contributed by atoms with van der Waals surface area (Å²) in [6.45, 7) is 4.09. The van der Waals surface area contributed by atoms with Gasteiger partial charge in [0.2, 0.25) is 0 Å². The molecule has 27 heavy (non-hydrogen) atoms. The van der Waals surface area contributed by atoms with E-state index in [2.05, 4.69) is 10.0 Å². The number of amides is 1. The summed E-state index contributed by atoms with van der Waals surface area (Å²) in [6.07, 6.45) is 1.41. The van der Waals surface area contributed by atoms with Gasteiger partial charge in [0.05, 0.1) is 16.8 Å². The van der Waals surface area contributed by atoms with Gasteiger partial charge in [-0.05, 0) is 53.9 Å². The lowest BCUT2D eigenvalue weighted by Gasteiger charge is -2.11. The van der Waals surface area contributed by atoms with Gasteiger partial charge in [0.25, 0.3) is 15.9 Å². The van der Waals surface area contributed by atoms with Gasteiger partial charge in [0.15, 0.2) is 5.76 Å². The molecule has 0 unspecified atom stereocenters. The van der Waals surface area contributed by atoms with E-state index in [9.17, 15) is 13.2 Å². The minimum Gasteiger partial charge on any atom is -0.459 e. The highest BCUT2D eigenvalue weighted by molar-refractivity contribution is 7.92. The molecule has 0 atom stereocenters. The standard InChI is InChI=1S/C20H20N2O4S/c1-14(2)15-8-10-18(11-9-15)27(24,25)22-17-6-3-5-16(13-17)21-20(23)19-7-4-12-26-19/h3-14,22H,1-2H3,(H,21,23). The fourth-order valence-electron chi connectivity index (χ4n) is 2.51. The quantitative estimate of drug-likeness (QED) is 0.657. The van der Waals surface area contributed by atoms with Gasteiger partial charge in [0, 0.05) is 5.69 Å². The first-order chi connectivity index (χ1) is 12.8. The van der Waals surface area contributed by atoms with Crippen molar-refractivity contribution >= 4 is 27.3 Å². The Bertz CT molecular complexity index is 1020. The summed E-state index contributed by atoms with van der Waals surface area (Å²) in [5, 5.41) is 2.66. The van der Waals surface area contributed by atoms with Crippen molar-refractivity contribution in [3.05, 3.63) is 78.3 Å². The molecule has 3 aromatic rings. The number of rotatable bonds is 6. The Kier molecular flexibility index (Phi) is 5.32. The van der Waals surface area contributed by atoms with Crippen LogP contribution in [0.15, 0.2) is 76.2 Å². The van der Waals surface area contributed by atoms with Gasteiger partial charge in [-0.1, -0.05) is 32.0 Å². The van der Waals surface area contributed by atoms with Crippen molar-refractivity contribution in [3.63, 3.8) is 0 Å². The number of sulfonamides is 1. The molecule has 1 aromatic heterocycles. The smallest absolute Gasteiger partial charge is 0.291 e. The molecule has 1 heterocycles. The van der Waals surface area contributed by atoms with Crippen molar-refractivity contribution in [2.75, 3.05) is 10.0 Å². The van der Waals surface area contributed by atoms with Gasteiger partial charge in [-0.3, -0.25) is 9.52 Å². The molecule has 2 N–H and O–H groups in total. The van der Waals surface area contributed by atoms with E-state index in [0.717, 1.165) is 5.56 Å². The van der Waals surface area contributed by atoms with E-state index < -0.39 is 15.9 Å². The lowest BCUT2D eigenvalue weighted by atomic mass is 10.0. The number of anilines is 2. The normalized spacial score (nSPS) is 11.4. The largest absolute Gasteiger partial charge is 0.459 e. The van der Waals surface area contributed by atoms with Crippen LogP contribution >= 0.6 is 0 Å². The van der Waals surface area contributed by atoms with E-state index in [-0.39, 0.29) is 10.7 Å². The van der Waals surface area contributed by atoms with Gasteiger partial charge >= 0.3 is 0 Å². The van der Waals surface area contributed by atoms with Gasteiger partial charge in [-0.25, -0.2) is 8.42 Å². The minimum atomic E-state index is -3.73. The summed E-state index contributed by atoms with van der Waals surface area (Å²) >= 11 is 0. The van der Waals surface area contributed by atoms with E-state index in [0.29, 0.717) is 17.3 Å². The molecule has 0 saturated carbocycles. The number of benzene rings is 2. The zero-order valence-electron chi connectivity index (χ0n) is 15.0. The van der Waals surface area contributed by atoms with Crippen LogP contribution in [0.3, 0.4) is 0 Å². The predicted molar refractivity (Wildman–Crippen MR) is 104 cm³/mol. The summed E-state index contributed by atoms with van der Waals surface area (Å²) in [5.74, 6) is 0.0830. The van der Waals surface area contributed by atoms with E-state index in [1.165, 1.54) is 6.26 Å². The van der Waals surface area contributed by atoms with Crippen molar-refractivity contribution in [1.82, 2.24) is 0 Å². The van der Waals surface area contributed by atoms with Crippen LogP contribution in [0.5, 0.6) is 0 Å². The summed E-state index contributed by atoms with van der Waals surface area (Å²) in [5.41, 5.74) is 1.86. The molecule has 0 spiro atoms. The van der Waals surface area contributed by atoms with Crippen LogP contribution in [-0.2, 0) is 10.0 Å². The van der Waals surface area contributed by atoms with Crippen molar-refractivity contribution in [3.8, 4) is 0 Å². The molecule has 0 aliphatic rings. The average molecular weight is 384 g/mol. The fraction of sp³-hybridized carbons (Fsp3) is 0.150. The van der Waals surface area contributed by atoms with E-state index in [4.69, 9.17) is 4.42 Å². The third-order valence-corrected chi connectivity index (χ3v) is 5.37. The molecule has 0 aliphatic carbocycles. The Morgan fingerprint density at radius 1 is 0.963 bits per heavy atom. The highest BCUT2D eigenvalue weighted by atomic mass is 32.2. The molecule has 2 aromatic carbocycles. The predicted octanol–water partition coefficient (Wildman–Crippen LogP) is 4.46. The number of hydrogen-bond donors (Lipinski definition) is 2. The van der Waals surface area contributed by atoms with Gasteiger partial charge in [0.1, 0.15) is 0 Å². The molecule has 0 bridgehead atoms. The lowest BCUT2D eigenvalue weighted by molar-refractivity contribution is 0.0996. The van der Waals surface area contributed by atoms with Crippen molar-refractivity contribution in [2.45, 2.75) is 24.7 Å². The van der Waals surface area contributed by atoms with E-state index in [1.54, 1.807) is 60.7 Å². The second-order valence-electron chi connectivity index (χ2n) is 6.34. The van der Waals surface area contributed by atoms with Crippen LogP contribution in [0.2, 0.25) is 0 Å². The molecule has 0 radical (unpaired) electrons. The summed E-state index contributed by atoms with van der Waals surface area (Å²) in [7, 11) is -3.73. The topological polar surface area (TPSA) is 88.4 Å². The zero-order valence-corrected chi connectivity index (χ0v) is 15.8. The third kappa shape index (κ3) is 4.57. The van der Waals surface area contributed by atoms with Crippen LogP contribution < -0.4 is 10.0 Å². The number of carbonyl (C=O) groups is 1. The number of carbonyl (C=O) groups excluding carboxylic acids is 1. The average Bonchev–Trinajstić information content (AvgIpc) is 3.16. The third-order valence-electron chi connectivity index (χ3n) is 3.97. The summed E-state index contributed by atoms with van der Waals surface area (Å²) in [4.78, 5) is 12.2. The van der Waals surface area contributed by atoms with Crippen LogP contribution in [0.25, 0.3) is 0 Å². The molecule has 3 rings (SSSR count). The summed E-state index contributed by atoms with van der Waals surface area (Å²) in [6, 6.07) is 16.4. The maximum absolute atomic E-state index is 12.6. The van der Waals surface area contributed by atoms with Crippen molar-refractivity contribution in [1.29, 1.82) is 0 Å². The molecule has 0 saturated heterocycles. The highest BCUT2D eigenvalue weighted by Crippen LogP contribution is 2.22. The van der Waals surface area contributed by atoms with Crippen LogP contribution in [-0.4, -0.2) is 14.3 Å². The second-order valence-corrected chi connectivity index (χ2v) is 8.02. The maximum Gasteiger partial charge on any atom is 0.291 e. The van der Waals surface area contributed by atoms with Crippen molar-refractivity contribution in [2.24, 2.45) is 0 Å². The van der Waals surface area contributed by atoms with Crippen LogP contribution in [0.1, 0.15) is 35.9 Å². The minimum absolute atomic E-state index is 0.172. The van der Waals surface area contributed by atoms with E-state index in [1.807, 2.05) is 13.8 Å². The molecule has 1 amide bonds. The van der Waals surface area contributed by atoms with E-state index >= 15 is 0 Å². The van der Waals surface area contributed by atoms with Gasteiger partial charge in [-0.2, -0.15) is 0 Å². The first kappa shape index (κ1) is 18.7. The first-order valence-electron chi connectivity index (χ1n) is 8.43. The maximum atomic E-state index is 12.6. The number of nitrogens with one attached hydrogen (secondary N) is 2. The number of furan rings is 1. The zero-order chi connectivity index (χ0) is 19.4. The van der Waals surface area contributed by atoms with Gasteiger partial charge < -0.3 is 9.73 Å². The molecular formula is C20H20N2O4S. The Morgan fingerprint density at radius 3 is 2.30 bits per heavy atom. The first-order valence-corrected chi connectivity index (χ1v) is 9.91. The molecule has 7 heteroatoms. The van der Waals surface area contributed by atoms with Gasteiger partial charge in [-0.15, -0.1) is 0 Å². The molecular weight excluding hydrogens is 364 g/mol. The summed E-state index contributed by atoms with van der Waals surface area (Å²) < 4.78 is 32.7. The SMILES string of the molecule is CC(C)c1ccc(S(=O)(=O)Nc2cccc(NC(=O)c3ccco3)c2)cc1. The molecule has 6 nitrogen and oxygen atoms in total. The Hall–Kier alpha value is -3.06. The Labute approximate surface area is 158 Å². The van der Waals surface area contributed by atoms with Crippen molar-refractivity contribution < 1.29 is 17.6 Å². The van der Waals surface area contributed by atoms with Crippen LogP contribution in [0, 0.1) is 0 Å². The number of hydrogen-bond acceptors (Lipinski definition) is 4. The highest BCUT2D eigenvalue weighted by Gasteiger charge is 2.15. The second kappa shape index (κ2) is 7.67. The monoisotopic (exact) mass is 384 g/mol. The Balaban J connectivity index is 1.75.